The zero-order valence-corrected chi connectivity index (χ0v) is 10.5. The molecule has 0 aliphatic heterocycles. The van der Waals surface area contributed by atoms with E-state index in [1.54, 1.807) is 12.1 Å². The SMILES string of the molecule is O=C(O)/C=C/c1cccnc1C(=O)NCCC1CC1. The van der Waals surface area contributed by atoms with E-state index in [2.05, 4.69) is 10.3 Å². The second kappa shape index (κ2) is 6.13. The molecule has 0 atom stereocenters. The van der Waals surface area contributed by atoms with Crippen molar-refractivity contribution in [2.45, 2.75) is 19.3 Å². The van der Waals surface area contributed by atoms with Gasteiger partial charge < -0.3 is 10.4 Å². The molecule has 0 saturated heterocycles. The van der Waals surface area contributed by atoms with Crippen LogP contribution in [-0.4, -0.2) is 28.5 Å². The Morgan fingerprint density at radius 2 is 2.26 bits per heavy atom. The quantitative estimate of drug-likeness (QED) is 0.763. The molecule has 1 saturated carbocycles. The third-order valence-electron chi connectivity index (χ3n) is 2.99. The largest absolute Gasteiger partial charge is 0.478 e. The number of rotatable bonds is 6. The number of pyridine rings is 1. The molecule has 1 aliphatic carbocycles. The number of hydrogen-bond donors (Lipinski definition) is 2. The Labute approximate surface area is 111 Å². The second-order valence-electron chi connectivity index (χ2n) is 4.60. The molecular formula is C14H16N2O3. The molecule has 1 amide bonds. The lowest BCUT2D eigenvalue weighted by Gasteiger charge is -2.06. The van der Waals surface area contributed by atoms with E-state index in [4.69, 9.17) is 5.11 Å². The molecule has 1 aromatic heterocycles. The molecule has 5 nitrogen and oxygen atoms in total. The van der Waals surface area contributed by atoms with Crippen molar-refractivity contribution < 1.29 is 14.7 Å². The highest BCUT2D eigenvalue weighted by atomic mass is 16.4. The molecule has 5 heteroatoms. The van der Waals surface area contributed by atoms with Gasteiger partial charge in [0.25, 0.3) is 5.91 Å². The van der Waals surface area contributed by atoms with Crippen LogP contribution in [0.4, 0.5) is 0 Å². The lowest BCUT2D eigenvalue weighted by molar-refractivity contribution is -0.131. The molecule has 1 aliphatic rings. The minimum atomic E-state index is -1.05. The van der Waals surface area contributed by atoms with E-state index in [9.17, 15) is 9.59 Å². The summed E-state index contributed by atoms with van der Waals surface area (Å²) < 4.78 is 0. The van der Waals surface area contributed by atoms with E-state index >= 15 is 0 Å². The van der Waals surface area contributed by atoms with Crippen molar-refractivity contribution in [1.29, 1.82) is 0 Å². The summed E-state index contributed by atoms with van der Waals surface area (Å²) in [6.07, 6.45) is 7.41. The molecule has 100 valence electrons. The molecule has 1 fully saturated rings. The lowest BCUT2D eigenvalue weighted by atomic mass is 10.1. The monoisotopic (exact) mass is 260 g/mol. The summed E-state index contributed by atoms with van der Waals surface area (Å²) in [6, 6.07) is 3.34. The van der Waals surface area contributed by atoms with E-state index in [1.165, 1.54) is 25.1 Å². The van der Waals surface area contributed by atoms with Crippen molar-refractivity contribution >= 4 is 18.0 Å². The van der Waals surface area contributed by atoms with Crippen molar-refractivity contribution in [1.82, 2.24) is 10.3 Å². The first kappa shape index (κ1) is 13.3. The molecule has 0 unspecified atom stereocenters. The highest BCUT2D eigenvalue weighted by molar-refractivity contribution is 5.97. The zero-order chi connectivity index (χ0) is 13.7. The van der Waals surface area contributed by atoms with Gasteiger partial charge in [0.2, 0.25) is 0 Å². The Kier molecular flexibility index (Phi) is 4.28. The summed E-state index contributed by atoms with van der Waals surface area (Å²) in [7, 11) is 0. The van der Waals surface area contributed by atoms with Crippen molar-refractivity contribution in [3.05, 3.63) is 35.7 Å². The van der Waals surface area contributed by atoms with E-state index < -0.39 is 5.97 Å². The van der Waals surface area contributed by atoms with Crippen LogP contribution < -0.4 is 5.32 Å². The van der Waals surface area contributed by atoms with Gasteiger partial charge in [0.1, 0.15) is 5.69 Å². The van der Waals surface area contributed by atoms with Crippen LogP contribution in [0.15, 0.2) is 24.4 Å². The fourth-order valence-corrected chi connectivity index (χ4v) is 1.78. The molecule has 2 N–H and O–H groups in total. The second-order valence-corrected chi connectivity index (χ2v) is 4.60. The predicted octanol–water partition coefficient (Wildman–Crippen LogP) is 1.71. The van der Waals surface area contributed by atoms with Gasteiger partial charge in [0.05, 0.1) is 0 Å². The van der Waals surface area contributed by atoms with E-state index in [-0.39, 0.29) is 11.6 Å². The summed E-state index contributed by atoms with van der Waals surface area (Å²) in [5, 5.41) is 11.4. The molecule has 1 aromatic rings. The van der Waals surface area contributed by atoms with Gasteiger partial charge in [0.15, 0.2) is 0 Å². The average Bonchev–Trinajstić information content (AvgIpc) is 3.20. The molecule has 0 aromatic carbocycles. The number of nitrogens with one attached hydrogen (secondary N) is 1. The molecular weight excluding hydrogens is 244 g/mol. The molecule has 19 heavy (non-hydrogen) atoms. The Balaban J connectivity index is 2.00. The zero-order valence-electron chi connectivity index (χ0n) is 10.5. The fraction of sp³-hybridized carbons (Fsp3) is 0.357. The summed E-state index contributed by atoms with van der Waals surface area (Å²) in [5.41, 5.74) is 0.768. The normalized spacial score (nSPS) is 14.5. The summed E-state index contributed by atoms with van der Waals surface area (Å²) >= 11 is 0. The number of carboxylic acid groups (broad SMARTS) is 1. The maximum absolute atomic E-state index is 12.0. The number of nitrogens with zero attached hydrogens (tertiary/aromatic N) is 1. The van der Waals surface area contributed by atoms with Crippen LogP contribution in [-0.2, 0) is 4.79 Å². The van der Waals surface area contributed by atoms with Crippen LogP contribution in [0.2, 0.25) is 0 Å². The van der Waals surface area contributed by atoms with Gasteiger partial charge in [-0.05, 0) is 24.5 Å². The number of carbonyl (C=O) groups is 2. The first-order valence-electron chi connectivity index (χ1n) is 6.31. The molecule has 0 spiro atoms. The summed E-state index contributed by atoms with van der Waals surface area (Å²) in [5.74, 6) is -0.550. The minimum absolute atomic E-state index is 0.258. The summed E-state index contributed by atoms with van der Waals surface area (Å²) in [4.78, 5) is 26.5. The smallest absolute Gasteiger partial charge is 0.328 e. The number of amides is 1. The van der Waals surface area contributed by atoms with Gasteiger partial charge in [-0.3, -0.25) is 9.78 Å². The summed E-state index contributed by atoms with van der Waals surface area (Å²) in [6.45, 7) is 0.641. The van der Waals surface area contributed by atoms with Crippen LogP contribution in [0, 0.1) is 5.92 Å². The topological polar surface area (TPSA) is 79.3 Å². The van der Waals surface area contributed by atoms with Crippen LogP contribution in [0.25, 0.3) is 6.08 Å². The van der Waals surface area contributed by atoms with Crippen molar-refractivity contribution in [3.63, 3.8) is 0 Å². The molecule has 1 heterocycles. The first-order valence-corrected chi connectivity index (χ1v) is 6.31. The Hall–Kier alpha value is -2.17. The van der Waals surface area contributed by atoms with Crippen LogP contribution >= 0.6 is 0 Å². The third kappa shape index (κ3) is 4.21. The van der Waals surface area contributed by atoms with E-state index in [1.807, 2.05) is 0 Å². The maximum Gasteiger partial charge on any atom is 0.328 e. The van der Waals surface area contributed by atoms with Gasteiger partial charge in [-0.15, -0.1) is 0 Å². The van der Waals surface area contributed by atoms with Gasteiger partial charge in [0, 0.05) is 24.4 Å². The maximum atomic E-state index is 12.0. The third-order valence-corrected chi connectivity index (χ3v) is 2.99. The number of carbonyl (C=O) groups excluding carboxylic acids is 1. The Bertz CT molecular complexity index is 507. The van der Waals surface area contributed by atoms with E-state index in [0.29, 0.717) is 12.1 Å². The number of hydrogen-bond acceptors (Lipinski definition) is 3. The van der Waals surface area contributed by atoms with Crippen LogP contribution in [0.1, 0.15) is 35.3 Å². The minimum Gasteiger partial charge on any atom is -0.478 e. The van der Waals surface area contributed by atoms with Crippen LogP contribution in [0.3, 0.4) is 0 Å². The first-order chi connectivity index (χ1) is 9.16. The average molecular weight is 260 g/mol. The van der Waals surface area contributed by atoms with Crippen molar-refractivity contribution in [3.8, 4) is 0 Å². The Morgan fingerprint density at radius 3 is 2.95 bits per heavy atom. The molecule has 0 radical (unpaired) electrons. The number of aromatic nitrogens is 1. The van der Waals surface area contributed by atoms with Crippen LogP contribution in [0.5, 0.6) is 0 Å². The van der Waals surface area contributed by atoms with Gasteiger partial charge >= 0.3 is 5.97 Å². The van der Waals surface area contributed by atoms with Crippen molar-refractivity contribution in [2.24, 2.45) is 5.92 Å². The highest BCUT2D eigenvalue weighted by Gasteiger charge is 2.21. The molecule has 2 rings (SSSR count). The van der Waals surface area contributed by atoms with Gasteiger partial charge in [-0.25, -0.2) is 4.79 Å². The predicted molar refractivity (Wildman–Crippen MR) is 70.6 cm³/mol. The Morgan fingerprint density at radius 1 is 1.47 bits per heavy atom. The highest BCUT2D eigenvalue weighted by Crippen LogP contribution is 2.31. The van der Waals surface area contributed by atoms with Gasteiger partial charge in [-0.1, -0.05) is 18.9 Å². The number of aliphatic carboxylic acids is 1. The van der Waals surface area contributed by atoms with E-state index in [0.717, 1.165) is 18.4 Å². The lowest BCUT2D eigenvalue weighted by Crippen LogP contribution is -2.26. The molecule has 0 bridgehead atoms. The van der Waals surface area contributed by atoms with Crippen molar-refractivity contribution in [2.75, 3.05) is 6.54 Å². The number of carboxylic acids is 1. The fourth-order valence-electron chi connectivity index (χ4n) is 1.78. The standard InChI is InChI=1S/C14H16N2O3/c17-12(18)6-5-11-2-1-8-15-13(11)14(19)16-9-7-10-3-4-10/h1-2,5-6,8,10H,3-4,7,9H2,(H,16,19)(H,17,18)/b6-5+. The van der Waals surface area contributed by atoms with Gasteiger partial charge in [-0.2, -0.15) is 0 Å².